The maximum absolute atomic E-state index is 12.8. The number of likely N-dealkylation sites (N-methyl/N-ethyl adjacent to an activating group) is 1. The van der Waals surface area contributed by atoms with Crippen LogP contribution in [0.1, 0.15) is 36.8 Å². The first-order valence-electron chi connectivity index (χ1n) is 9.26. The topological polar surface area (TPSA) is 53.7 Å². The largest absolute Gasteiger partial charge is 0.351 e. The third-order valence-corrected chi connectivity index (χ3v) is 5.22. The van der Waals surface area contributed by atoms with Crippen molar-refractivity contribution in [3.8, 4) is 0 Å². The summed E-state index contributed by atoms with van der Waals surface area (Å²) in [5.41, 5.74) is 2.73. The molecule has 3 aromatic heterocycles. The van der Waals surface area contributed by atoms with Gasteiger partial charge >= 0.3 is 0 Å². The van der Waals surface area contributed by atoms with Crippen LogP contribution >= 0.6 is 0 Å². The fourth-order valence-corrected chi connectivity index (χ4v) is 3.32. The molecule has 6 nitrogen and oxygen atoms in total. The monoisotopic (exact) mass is 363 g/mol. The molecule has 1 aliphatic rings. The molecule has 140 valence electrons. The van der Waals surface area contributed by atoms with E-state index in [9.17, 15) is 4.79 Å². The van der Waals surface area contributed by atoms with Crippen LogP contribution < -0.4 is 4.90 Å². The molecule has 27 heavy (non-hydrogen) atoms. The summed E-state index contributed by atoms with van der Waals surface area (Å²) < 4.78 is 1.97. The lowest BCUT2D eigenvalue weighted by Gasteiger charge is -2.44. The Hall–Kier alpha value is -2.89. The van der Waals surface area contributed by atoms with Crippen molar-refractivity contribution in [3.63, 3.8) is 0 Å². The number of carbonyl (C=O) groups excluding carboxylic acids is 1. The lowest BCUT2D eigenvalue weighted by Crippen LogP contribution is -2.60. The van der Waals surface area contributed by atoms with Gasteiger partial charge in [0.15, 0.2) is 5.82 Å². The second-order valence-corrected chi connectivity index (χ2v) is 8.26. The number of hydrogen-bond acceptors (Lipinski definition) is 4. The molecule has 0 aliphatic carbocycles. The summed E-state index contributed by atoms with van der Waals surface area (Å²) in [6, 6.07) is 12.1. The number of amides is 1. The van der Waals surface area contributed by atoms with E-state index in [1.807, 2.05) is 65.1 Å². The van der Waals surface area contributed by atoms with Crippen LogP contribution in [0.15, 0.2) is 48.8 Å². The van der Waals surface area contributed by atoms with Crippen molar-refractivity contribution in [2.24, 2.45) is 0 Å². The maximum Gasteiger partial charge on any atom is 0.255 e. The van der Waals surface area contributed by atoms with E-state index in [1.165, 1.54) is 0 Å². The fraction of sp³-hybridized carbons (Fsp3) is 0.381. The molecule has 0 N–H and O–H groups in total. The Labute approximate surface area is 159 Å². The summed E-state index contributed by atoms with van der Waals surface area (Å²) in [6.07, 6.45) is 3.85. The molecule has 0 spiro atoms. The van der Waals surface area contributed by atoms with E-state index in [-0.39, 0.29) is 17.4 Å². The minimum Gasteiger partial charge on any atom is -0.351 e. The molecule has 4 heterocycles. The molecule has 0 bridgehead atoms. The first-order chi connectivity index (χ1) is 12.8. The van der Waals surface area contributed by atoms with Gasteiger partial charge in [0.1, 0.15) is 0 Å². The Bertz CT molecular complexity index is 931. The van der Waals surface area contributed by atoms with Crippen molar-refractivity contribution in [2.45, 2.75) is 32.2 Å². The summed E-state index contributed by atoms with van der Waals surface area (Å²) in [5, 5.41) is 8.72. The standard InChI is InChI=1S/C21H25N5O/c1-21(2,3)18-8-9-19(23-22-18)26-13-17(14-26)24(4)20(27)15-11-16-7-5-6-10-25(16)12-15/h5-12,17H,13-14H2,1-4H3. The van der Waals surface area contributed by atoms with Crippen molar-refractivity contribution in [2.75, 3.05) is 25.0 Å². The predicted octanol–water partition coefficient (Wildman–Crippen LogP) is 2.99. The smallest absolute Gasteiger partial charge is 0.255 e. The molecule has 1 fully saturated rings. The van der Waals surface area contributed by atoms with Crippen LogP contribution in [0.2, 0.25) is 0 Å². The van der Waals surface area contributed by atoms with Crippen LogP contribution in [0.4, 0.5) is 5.82 Å². The van der Waals surface area contributed by atoms with E-state index in [4.69, 9.17) is 0 Å². The lowest BCUT2D eigenvalue weighted by molar-refractivity contribution is 0.0705. The highest BCUT2D eigenvalue weighted by Gasteiger charge is 2.34. The number of nitrogens with zero attached hydrogens (tertiary/aromatic N) is 5. The van der Waals surface area contributed by atoms with Crippen molar-refractivity contribution < 1.29 is 4.79 Å². The summed E-state index contributed by atoms with van der Waals surface area (Å²) >= 11 is 0. The van der Waals surface area contributed by atoms with Crippen molar-refractivity contribution in [1.29, 1.82) is 0 Å². The van der Waals surface area contributed by atoms with Gasteiger partial charge in [0.2, 0.25) is 0 Å². The van der Waals surface area contributed by atoms with Gasteiger partial charge in [-0.05, 0) is 30.3 Å². The molecular weight excluding hydrogens is 338 g/mol. The van der Waals surface area contributed by atoms with Gasteiger partial charge in [0.25, 0.3) is 5.91 Å². The van der Waals surface area contributed by atoms with Gasteiger partial charge in [-0.15, -0.1) is 5.10 Å². The average molecular weight is 363 g/mol. The van der Waals surface area contributed by atoms with Gasteiger partial charge in [-0.3, -0.25) is 4.79 Å². The number of aromatic nitrogens is 3. The maximum atomic E-state index is 12.8. The van der Waals surface area contributed by atoms with Crippen LogP contribution in [-0.2, 0) is 5.41 Å². The number of fused-ring (bicyclic) bond motifs is 1. The van der Waals surface area contributed by atoms with Crippen LogP contribution in [-0.4, -0.2) is 51.6 Å². The van der Waals surface area contributed by atoms with Crippen LogP contribution in [0.3, 0.4) is 0 Å². The van der Waals surface area contributed by atoms with Gasteiger partial charge in [-0.2, -0.15) is 5.10 Å². The number of anilines is 1. The predicted molar refractivity (Wildman–Crippen MR) is 106 cm³/mol. The highest BCUT2D eigenvalue weighted by atomic mass is 16.2. The molecule has 1 aliphatic heterocycles. The van der Waals surface area contributed by atoms with E-state index < -0.39 is 0 Å². The van der Waals surface area contributed by atoms with Crippen LogP contribution in [0, 0.1) is 0 Å². The molecule has 0 atom stereocenters. The summed E-state index contributed by atoms with van der Waals surface area (Å²) in [6.45, 7) is 7.94. The number of rotatable bonds is 3. The van der Waals surface area contributed by atoms with Crippen molar-refractivity contribution in [1.82, 2.24) is 19.5 Å². The van der Waals surface area contributed by atoms with Gasteiger partial charge in [-0.25, -0.2) is 0 Å². The average Bonchev–Trinajstić information content (AvgIpc) is 3.03. The quantitative estimate of drug-likeness (QED) is 0.718. The van der Waals surface area contributed by atoms with Crippen LogP contribution in [0.5, 0.6) is 0 Å². The summed E-state index contributed by atoms with van der Waals surface area (Å²) in [4.78, 5) is 16.8. The minimum absolute atomic E-state index is 0.00323. The molecule has 0 aromatic carbocycles. The Morgan fingerprint density at radius 2 is 1.93 bits per heavy atom. The summed E-state index contributed by atoms with van der Waals surface area (Å²) in [5.74, 6) is 0.923. The Balaban J connectivity index is 1.40. The van der Waals surface area contributed by atoms with Gasteiger partial charge < -0.3 is 14.2 Å². The van der Waals surface area contributed by atoms with E-state index >= 15 is 0 Å². The zero-order valence-electron chi connectivity index (χ0n) is 16.3. The molecule has 3 aromatic rings. The summed E-state index contributed by atoms with van der Waals surface area (Å²) in [7, 11) is 1.88. The first-order valence-corrected chi connectivity index (χ1v) is 9.26. The van der Waals surface area contributed by atoms with Crippen LogP contribution in [0.25, 0.3) is 5.52 Å². The second kappa shape index (κ2) is 6.37. The zero-order valence-corrected chi connectivity index (χ0v) is 16.3. The van der Waals surface area contributed by atoms with E-state index in [0.717, 1.165) is 35.7 Å². The molecule has 0 radical (unpaired) electrons. The van der Waals surface area contributed by atoms with Gasteiger partial charge in [-0.1, -0.05) is 26.8 Å². The van der Waals surface area contributed by atoms with Crippen molar-refractivity contribution >= 4 is 17.2 Å². The molecule has 1 amide bonds. The zero-order chi connectivity index (χ0) is 19.2. The Morgan fingerprint density at radius 3 is 2.56 bits per heavy atom. The first kappa shape index (κ1) is 17.5. The SMILES string of the molecule is CN(C(=O)c1cc2ccccn2c1)C1CN(c2ccc(C(C)(C)C)nn2)C1. The number of pyridine rings is 1. The highest BCUT2D eigenvalue weighted by molar-refractivity contribution is 5.95. The normalized spacial score (nSPS) is 15.0. The molecule has 4 rings (SSSR count). The molecular formula is C21H25N5O. The number of carbonyl (C=O) groups is 1. The molecule has 1 saturated heterocycles. The Morgan fingerprint density at radius 1 is 1.15 bits per heavy atom. The molecule has 0 unspecified atom stereocenters. The number of hydrogen-bond donors (Lipinski definition) is 0. The van der Waals surface area contributed by atoms with Crippen molar-refractivity contribution in [3.05, 3.63) is 60.0 Å². The molecule has 0 saturated carbocycles. The third-order valence-electron chi connectivity index (χ3n) is 5.22. The molecule has 6 heteroatoms. The fourth-order valence-electron chi connectivity index (χ4n) is 3.32. The second-order valence-electron chi connectivity index (χ2n) is 8.26. The minimum atomic E-state index is -0.00323. The highest BCUT2D eigenvalue weighted by Crippen LogP contribution is 2.25. The Kier molecular flexibility index (Phi) is 4.13. The van der Waals surface area contributed by atoms with Gasteiger partial charge in [0.05, 0.1) is 17.3 Å². The lowest BCUT2D eigenvalue weighted by atomic mass is 9.92. The van der Waals surface area contributed by atoms with E-state index in [0.29, 0.717) is 0 Å². The van der Waals surface area contributed by atoms with E-state index in [2.05, 4.69) is 35.9 Å². The third kappa shape index (κ3) is 3.27. The van der Waals surface area contributed by atoms with E-state index in [1.54, 1.807) is 0 Å². The van der Waals surface area contributed by atoms with Gasteiger partial charge in [0, 0.05) is 43.5 Å².